The third-order valence-electron chi connectivity index (χ3n) is 1.97. The van der Waals surface area contributed by atoms with Gasteiger partial charge in [0.05, 0.1) is 11.8 Å². The Morgan fingerprint density at radius 1 is 1.77 bits per heavy atom. The van der Waals surface area contributed by atoms with Crippen molar-refractivity contribution in [2.24, 2.45) is 5.73 Å². The normalized spacial score (nSPS) is 32.5. The molecule has 1 aliphatic heterocycles. The number of nitrogens with zero attached hydrogens (tertiary/aromatic N) is 1. The van der Waals surface area contributed by atoms with Crippen molar-refractivity contribution >= 4 is 16.7 Å². The average Bonchev–Trinajstić information content (AvgIpc) is 2.43. The van der Waals surface area contributed by atoms with Gasteiger partial charge in [-0.1, -0.05) is 0 Å². The van der Waals surface area contributed by atoms with Crippen molar-refractivity contribution in [1.82, 2.24) is 5.32 Å². The molecule has 1 rings (SSSR count). The van der Waals surface area contributed by atoms with E-state index in [1.54, 1.807) is 6.07 Å². The fraction of sp³-hybridized carbons (Fsp3) is 0.714. The summed E-state index contributed by atoms with van der Waals surface area (Å²) < 4.78 is 11.0. The first-order valence-corrected chi connectivity index (χ1v) is 5.36. The maximum Gasteiger partial charge on any atom is 0.241 e. The fourth-order valence-electron chi connectivity index (χ4n) is 1.20. The molecular formula is C7H11N3O2S. The second-order valence-electron chi connectivity index (χ2n) is 3.04. The standard InChI is InChI=1S/C7H11N3O2S/c8-2-3-10-6(11)7(9)1-4-13(12)5-7/h1,3-5,9H2,(H,10,11). The number of amides is 1. The minimum Gasteiger partial charge on any atom is -0.341 e. The van der Waals surface area contributed by atoms with Crippen LogP contribution in [0, 0.1) is 11.3 Å². The van der Waals surface area contributed by atoms with Crippen molar-refractivity contribution in [2.45, 2.75) is 12.0 Å². The van der Waals surface area contributed by atoms with Gasteiger partial charge in [-0.3, -0.25) is 9.00 Å². The highest BCUT2D eigenvalue weighted by molar-refractivity contribution is 7.85. The summed E-state index contributed by atoms with van der Waals surface area (Å²) in [5.41, 5.74) is 4.69. The van der Waals surface area contributed by atoms with Gasteiger partial charge < -0.3 is 11.1 Å². The fourth-order valence-corrected chi connectivity index (χ4v) is 2.79. The molecule has 13 heavy (non-hydrogen) atoms. The summed E-state index contributed by atoms with van der Waals surface area (Å²) in [6.45, 7) is -0.0512. The highest BCUT2D eigenvalue weighted by atomic mass is 32.2. The first-order chi connectivity index (χ1) is 6.08. The average molecular weight is 201 g/mol. The third-order valence-corrected chi connectivity index (χ3v) is 3.47. The summed E-state index contributed by atoms with van der Waals surface area (Å²) in [7, 11) is -0.987. The van der Waals surface area contributed by atoms with Crippen LogP contribution in [0.1, 0.15) is 6.42 Å². The Kier molecular flexibility index (Phi) is 3.01. The molecule has 1 saturated heterocycles. The number of rotatable bonds is 2. The number of carbonyl (C=O) groups excluding carboxylic acids is 1. The van der Waals surface area contributed by atoms with Crippen LogP contribution in [0.25, 0.3) is 0 Å². The largest absolute Gasteiger partial charge is 0.341 e. The summed E-state index contributed by atoms with van der Waals surface area (Å²) in [5.74, 6) is 0.292. The Balaban J connectivity index is 2.56. The summed E-state index contributed by atoms with van der Waals surface area (Å²) in [4.78, 5) is 11.3. The molecular weight excluding hydrogens is 190 g/mol. The van der Waals surface area contributed by atoms with Crippen LogP contribution in [0.2, 0.25) is 0 Å². The van der Waals surface area contributed by atoms with Crippen LogP contribution in [0.4, 0.5) is 0 Å². The number of nitrogens with two attached hydrogens (primary N) is 1. The molecule has 72 valence electrons. The lowest BCUT2D eigenvalue weighted by molar-refractivity contribution is -0.125. The van der Waals surface area contributed by atoms with Crippen LogP contribution in [-0.4, -0.2) is 33.7 Å². The zero-order chi connectivity index (χ0) is 9.90. The summed E-state index contributed by atoms with van der Waals surface area (Å²) in [6.07, 6.45) is 0.427. The molecule has 0 aromatic rings. The van der Waals surface area contributed by atoms with Gasteiger partial charge >= 0.3 is 0 Å². The van der Waals surface area contributed by atoms with Crippen LogP contribution in [0.5, 0.6) is 0 Å². The molecule has 2 unspecified atom stereocenters. The molecule has 1 fully saturated rings. The Hall–Kier alpha value is -0.930. The lowest BCUT2D eigenvalue weighted by Crippen LogP contribution is -2.54. The Morgan fingerprint density at radius 3 is 2.92 bits per heavy atom. The maximum absolute atomic E-state index is 11.3. The van der Waals surface area contributed by atoms with Gasteiger partial charge in [0.1, 0.15) is 12.1 Å². The number of hydrogen-bond acceptors (Lipinski definition) is 4. The number of nitriles is 1. The lowest BCUT2D eigenvalue weighted by Gasteiger charge is -2.19. The van der Waals surface area contributed by atoms with Gasteiger partial charge in [0.2, 0.25) is 5.91 Å². The highest BCUT2D eigenvalue weighted by Crippen LogP contribution is 2.17. The van der Waals surface area contributed by atoms with Gasteiger partial charge in [-0.2, -0.15) is 5.26 Å². The SMILES string of the molecule is N#CCNC(=O)C1(N)CCS(=O)C1. The summed E-state index contributed by atoms with van der Waals surface area (Å²) in [5, 5.41) is 10.6. The Morgan fingerprint density at radius 2 is 2.46 bits per heavy atom. The summed E-state index contributed by atoms with van der Waals surface area (Å²) >= 11 is 0. The van der Waals surface area contributed by atoms with Gasteiger partial charge in [0, 0.05) is 16.6 Å². The van der Waals surface area contributed by atoms with Crippen molar-refractivity contribution in [3.05, 3.63) is 0 Å². The van der Waals surface area contributed by atoms with Crippen molar-refractivity contribution in [1.29, 1.82) is 5.26 Å². The van der Waals surface area contributed by atoms with Crippen molar-refractivity contribution in [2.75, 3.05) is 18.1 Å². The monoisotopic (exact) mass is 201 g/mol. The maximum atomic E-state index is 11.3. The van der Waals surface area contributed by atoms with E-state index < -0.39 is 16.3 Å². The van der Waals surface area contributed by atoms with E-state index in [1.807, 2.05) is 0 Å². The topological polar surface area (TPSA) is 96.0 Å². The molecule has 1 aliphatic rings. The molecule has 0 radical (unpaired) electrons. The summed E-state index contributed by atoms with van der Waals surface area (Å²) in [6, 6.07) is 1.79. The van der Waals surface area contributed by atoms with E-state index in [2.05, 4.69) is 5.32 Å². The minimum atomic E-state index is -1.03. The highest BCUT2D eigenvalue weighted by Gasteiger charge is 2.40. The Bertz CT molecular complexity index is 286. The number of hydrogen-bond donors (Lipinski definition) is 2. The van der Waals surface area contributed by atoms with Crippen LogP contribution in [0.3, 0.4) is 0 Å². The molecule has 0 spiro atoms. The Labute approximate surface area is 78.7 Å². The molecule has 6 heteroatoms. The van der Waals surface area contributed by atoms with Crippen LogP contribution in [0.15, 0.2) is 0 Å². The van der Waals surface area contributed by atoms with Crippen molar-refractivity contribution < 1.29 is 9.00 Å². The first kappa shape index (κ1) is 10.2. The molecule has 1 heterocycles. The van der Waals surface area contributed by atoms with E-state index in [-0.39, 0.29) is 18.2 Å². The zero-order valence-corrected chi connectivity index (χ0v) is 7.89. The van der Waals surface area contributed by atoms with Gasteiger partial charge in [-0.15, -0.1) is 0 Å². The van der Waals surface area contributed by atoms with Crippen molar-refractivity contribution in [3.8, 4) is 6.07 Å². The molecule has 2 atom stereocenters. The molecule has 0 aromatic carbocycles. The third kappa shape index (κ3) is 2.26. The van der Waals surface area contributed by atoms with Gasteiger partial charge in [-0.25, -0.2) is 0 Å². The van der Waals surface area contributed by atoms with E-state index >= 15 is 0 Å². The zero-order valence-electron chi connectivity index (χ0n) is 7.08. The van der Waals surface area contributed by atoms with E-state index in [1.165, 1.54) is 0 Å². The second-order valence-corrected chi connectivity index (χ2v) is 4.61. The molecule has 0 aromatic heterocycles. The van der Waals surface area contributed by atoms with Gasteiger partial charge in [0.15, 0.2) is 0 Å². The molecule has 5 nitrogen and oxygen atoms in total. The molecule has 0 aliphatic carbocycles. The van der Waals surface area contributed by atoms with Crippen molar-refractivity contribution in [3.63, 3.8) is 0 Å². The van der Waals surface area contributed by atoms with E-state index in [4.69, 9.17) is 11.0 Å². The van der Waals surface area contributed by atoms with Gasteiger partial charge in [-0.05, 0) is 6.42 Å². The van der Waals surface area contributed by atoms with E-state index in [0.717, 1.165) is 0 Å². The minimum absolute atomic E-state index is 0.0512. The van der Waals surface area contributed by atoms with Crippen LogP contribution < -0.4 is 11.1 Å². The van der Waals surface area contributed by atoms with E-state index in [9.17, 15) is 9.00 Å². The second kappa shape index (κ2) is 3.85. The van der Waals surface area contributed by atoms with E-state index in [0.29, 0.717) is 12.2 Å². The number of nitrogens with one attached hydrogen (secondary N) is 1. The predicted molar refractivity (Wildman–Crippen MR) is 48.0 cm³/mol. The predicted octanol–water partition coefficient (Wildman–Crippen LogP) is -1.52. The molecule has 3 N–H and O–H groups in total. The number of carbonyl (C=O) groups is 1. The molecule has 1 amide bonds. The van der Waals surface area contributed by atoms with Gasteiger partial charge in [0.25, 0.3) is 0 Å². The first-order valence-electron chi connectivity index (χ1n) is 3.87. The van der Waals surface area contributed by atoms with Crippen LogP contribution >= 0.6 is 0 Å². The molecule has 0 saturated carbocycles. The smallest absolute Gasteiger partial charge is 0.241 e. The quantitative estimate of drug-likeness (QED) is 0.530. The van der Waals surface area contributed by atoms with Crippen LogP contribution in [-0.2, 0) is 15.6 Å². The lowest BCUT2D eigenvalue weighted by atomic mass is 10.00. The molecule has 0 bridgehead atoms.